The molecule has 0 spiro atoms. The number of rotatable bonds is 6. The van der Waals surface area contributed by atoms with Crippen LogP contribution in [-0.2, 0) is 16.0 Å². The number of carboxylic acid groups (broad SMARTS) is 1. The molecule has 0 aromatic heterocycles. The predicted molar refractivity (Wildman–Crippen MR) is 107 cm³/mol. The molecule has 156 valence electrons. The van der Waals surface area contributed by atoms with Gasteiger partial charge in [-0.25, -0.2) is 0 Å². The van der Waals surface area contributed by atoms with Crippen LogP contribution in [0.25, 0.3) is 0 Å². The van der Waals surface area contributed by atoms with Crippen molar-refractivity contribution in [2.24, 2.45) is 29.6 Å². The second kappa shape index (κ2) is 9.27. The standard InChI is InChI=1S/C23H34O5/c1-14-7-9-20(21-13-27-15(2)8-10-19(14)21)16(3)23(26)28-18-6-4-5-17(11-18)12-22(24)25/h4-6,11,14-16,19-21,23,26H,7-10,12-13H2,1-3H3,(H,24,25)/t14-,15?,16-,19+,20+,21?,23-/m1/s1. The second-order valence-electron chi connectivity index (χ2n) is 8.85. The van der Waals surface area contributed by atoms with Gasteiger partial charge in [-0.15, -0.1) is 0 Å². The minimum absolute atomic E-state index is 0.0138. The van der Waals surface area contributed by atoms with Gasteiger partial charge in [0.15, 0.2) is 6.29 Å². The molecule has 5 heteroatoms. The number of ether oxygens (including phenoxy) is 2. The first-order chi connectivity index (χ1) is 13.3. The van der Waals surface area contributed by atoms with Gasteiger partial charge >= 0.3 is 5.97 Å². The van der Waals surface area contributed by atoms with Crippen molar-refractivity contribution in [3.8, 4) is 5.75 Å². The molecular weight excluding hydrogens is 356 g/mol. The number of aliphatic hydroxyl groups is 1. The third-order valence-electron chi connectivity index (χ3n) is 6.90. The average molecular weight is 391 g/mol. The minimum Gasteiger partial charge on any atom is -0.481 e. The van der Waals surface area contributed by atoms with E-state index in [1.165, 1.54) is 12.8 Å². The number of fused-ring (bicyclic) bond motifs is 1. The van der Waals surface area contributed by atoms with Crippen molar-refractivity contribution in [2.75, 3.05) is 6.61 Å². The lowest BCUT2D eigenvalue weighted by Gasteiger charge is -2.44. The lowest BCUT2D eigenvalue weighted by atomic mass is 9.62. The normalized spacial score (nSPS) is 32.6. The molecule has 1 aliphatic heterocycles. The van der Waals surface area contributed by atoms with Crippen LogP contribution in [0.5, 0.6) is 5.75 Å². The van der Waals surface area contributed by atoms with Crippen LogP contribution in [0.15, 0.2) is 24.3 Å². The van der Waals surface area contributed by atoms with Gasteiger partial charge in [-0.05, 0) is 67.6 Å². The first-order valence-electron chi connectivity index (χ1n) is 10.6. The van der Waals surface area contributed by atoms with E-state index in [9.17, 15) is 9.90 Å². The molecule has 7 atom stereocenters. The van der Waals surface area contributed by atoms with Gasteiger partial charge in [0.05, 0.1) is 19.1 Å². The van der Waals surface area contributed by atoms with Crippen LogP contribution in [0.1, 0.15) is 52.0 Å². The van der Waals surface area contributed by atoms with E-state index < -0.39 is 12.3 Å². The molecule has 2 unspecified atom stereocenters. The monoisotopic (exact) mass is 390 g/mol. The molecule has 1 saturated heterocycles. The lowest BCUT2D eigenvalue weighted by Crippen LogP contribution is -2.42. The van der Waals surface area contributed by atoms with Crippen molar-refractivity contribution in [1.29, 1.82) is 0 Å². The Morgan fingerprint density at radius 1 is 1.21 bits per heavy atom. The number of hydrogen-bond acceptors (Lipinski definition) is 4. The van der Waals surface area contributed by atoms with Crippen molar-refractivity contribution in [3.63, 3.8) is 0 Å². The molecule has 3 rings (SSSR count). The minimum atomic E-state index is -0.917. The van der Waals surface area contributed by atoms with Crippen LogP contribution in [0.2, 0.25) is 0 Å². The summed E-state index contributed by atoms with van der Waals surface area (Å²) < 4.78 is 11.9. The van der Waals surface area contributed by atoms with Crippen LogP contribution >= 0.6 is 0 Å². The maximum Gasteiger partial charge on any atom is 0.307 e. The van der Waals surface area contributed by atoms with E-state index in [1.807, 2.05) is 0 Å². The molecule has 2 aliphatic rings. The smallest absolute Gasteiger partial charge is 0.307 e. The maximum atomic E-state index is 10.9. The van der Waals surface area contributed by atoms with Gasteiger partial charge in [0, 0.05) is 5.92 Å². The Hall–Kier alpha value is -1.59. The average Bonchev–Trinajstić information content (AvgIpc) is 2.84. The summed E-state index contributed by atoms with van der Waals surface area (Å²) in [6, 6.07) is 6.99. The Morgan fingerprint density at radius 2 is 2.00 bits per heavy atom. The van der Waals surface area contributed by atoms with Crippen molar-refractivity contribution < 1.29 is 24.5 Å². The van der Waals surface area contributed by atoms with E-state index in [-0.39, 0.29) is 12.3 Å². The molecule has 1 heterocycles. The summed E-state index contributed by atoms with van der Waals surface area (Å²) in [6.45, 7) is 7.35. The number of carboxylic acids is 1. The molecule has 2 N–H and O–H groups in total. The highest BCUT2D eigenvalue weighted by molar-refractivity contribution is 5.70. The molecule has 0 amide bonds. The summed E-state index contributed by atoms with van der Waals surface area (Å²) in [4.78, 5) is 10.9. The Bertz CT molecular complexity index is 660. The highest BCUT2D eigenvalue weighted by atomic mass is 16.6. The third-order valence-corrected chi connectivity index (χ3v) is 6.90. The van der Waals surface area contributed by atoms with Crippen LogP contribution in [0.3, 0.4) is 0 Å². The fraction of sp³-hybridized carbons (Fsp3) is 0.696. The van der Waals surface area contributed by atoms with Gasteiger partial charge in [-0.2, -0.15) is 0 Å². The highest BCUT2D eigenvalue weighted by Crippen LogP contribution is 2.46. The van der Waals surface area contributed by atoms with Gasteiger partial charge in [0.2, 0.25) is 0 Å². The number of aliphatic hydroxyl groups excluding tert-OH is 1. The topological polar surface area (TPSA) is 76.0 Å². The van der Waals surface area contributed by atoms with Crippen LogP contribution in [0, 0.1) is 29.6 Å². The molecule has 0 bridgehead atoms. The van der Waals surface area contributed by atoms with E-state index >= 15 is 0 Å². The summed E-state index contributed by atoms with van der Waals surface area (Å²) in [5, 5.41) is 19.8. The molecule has 28 heavy (non-hydrogen) atoms. The zero-order chi connectivity index (χ0) is 20.3. The SMILES string of the molecule is CC1CC[C@@H]2C(CO1)[C@H]([C@@H](C)[C@H](O)Oc1cccc(CC(=O)O)c1)CC[C@H]2C. The largest absolute Gasteiger partial charge is 0.481 e. The van der Waals surface area contributed by atoms with E-state index in [1.54, 1.807) is 24.3 Å². The fourth-order valence-corrected chi connectivity index (χ4v) is 5.17. The van der Waals surface area contributed by atoms with Crippen LogP contribution in [-0.4, -0.2) is 35.2 Å². The first-order valence-corrected chi connectivity index (χ1v) is 10.6. The van der Waals surface area contributed by atoms with Crippen molar-refractivity contribution in [3.05, 3.63) is 29.8 Å². The van der Waals surface area contributed by atoms with Crippen molar-refractivity contribution >= 4 is 5.97 Å². The molecule has 5 nitrogen and oxygen atoms in total. The molecule has 0 radical (unpaired) electrons. The Labute approximate surface area is 168 Å². The zero-order valence-corrected chi connectivity index (χ0v) is 17.2. The zero-order valence-electron chi connectivity index (χ0n) is 17.2. The Kier molecular flexibility index (Phi) is 7.00. The van der Waals surface area contributed by atoms with Gasteiger partial charge in [0.25, 0.3) is 0 Å². The number of aliphatic carboxylic acids is 1. The molecule has 1 aromatic carbocycles. The molecule has 2 fully saturated rings. The van der Waals surface area contributed by atoms with Gasteiger partial charge in [-0.3, -0.25) is 4.79 Å². The number of hydrogen-bond donors (Lipinski definition) is 2. The lowest BCUT2D eigenvalue weighted by molar-refractivity contribution is -0.136. The van der Waals surface area contributed by atoms with Crippen molar-refractivity contribution in [1.82, 2.24) is 0 Å². The molecular formula is C23H34O5. The number of benzene rings is 1. The summed E-state index contributed by atoms with van der Waals surface area (Å²) >= 11 is 0. The second-order valence-corrected chi connectivity index (χ2v) is 8.85. The quantitative estimate of drug-likeness (QED) is 0.715. The summed E-state index contributed by atoms with van der Waals surface area (Å²) in [6.07, 6.45) is 3.92. The predicted octanol–water partition coefficient (Wildman–Crippen LogP) is 4.12. The Morgan fingerprint density at radius 3 is 2.75 bits per heavy atom. The maximum absolute atomic E-state index is 10.9. The van der Waals surface area contributed by atoms with Crippen LogP contribution in [0.4, 0.5) is 0 Å². The number of carbonyl (C=O) groups is 1. The van der Waals surface area contributed by atoms with E-state index in [2.05, 4.69) is 20.8 Å². The van der Waals surface area contributed by atoms with E-state index in [0.29, 0.717) is 41.1 Å². The van der Waals surface area contributed by atoms with Gasteiger partial charge in [0.1, 0.15) is 5.75 Å². The van der Waals surface area contributed by atoms with E-state index in [4.69, 9.17) is 14.6 Å². The Balaban J connectivity index is 1.68. The summed E-state index contributed by atoms with van der Waals surface area (Å²) in [5.41, 5.74) is 0.669. The van der Waals surface area contributed by atoms with E-state index in [0.717, 1.165) is 19.4 Å². The summed E-state index contributed by atoms with van der Waals surface area (Å²) in [7, 11) is 0. The highest BCUT2D eigenvalue weighted by Gasteiger charge is 2.43. The molecule has 1 saturated carbocycles. The fourth-order valence-electron chi connectivity index (χ4n) is 5.17. The first kappa shape index (κ1) is 21.1. The third kappa shape index (κ3) is 5.06. The van der Waals surface area contributed by atoms with Crippen LogP contribution < -0.4 is 4.74 Å². The molecule has 1 aromatic rings. The van der Waals surface area contributed by atoms with Gasteiger partial charge in [-0.1, -0.05) is 32.4 Å². The summed E-state index contributed by atoms with van der Waals surface area (Å²) in [5.74, 6) is 1.80. The van der Waals surface area contributed by atoms with Gasteiger partial charge < -0.3 is 19.7 Å². The molecule has 1 aliphatic carbocycles. The van der Waals surface area contributed by atoms with Crippen molar-refractivity contribution in [2.45, 2.75) is 65.3 Å².